The van der Waals surface area contributed by atoms with Gasteiger partial charge in [0.1, 0.15) is 12.1 Å². The van der Waals surface area contributed by atoms with Crippen molar-refractivity contribution in [3.8, 4) is 0 Å². The van der Waals surface area contributed by atoms with Gasteiger partial charge in [-0.05, 0) is 53.4 Å². The monoisotopic (exact) mass is 642 g/mol. The molecule has 0 aliphatic carbocycles. The van der Waals surface area contributed by atoms with Crippen LogP contribution in [0.2, 0.25) is 0 Å². The Balaban J connectivity index is -0.000000727. The molecule has 0 aliphatic heterocycles. The van der Waals surface area contributed by atoms with Crippen molar-refractivity contribution >= 4 is 61.6 Å². The molecule has 0 aromatic rings. The van der Waals surface area contributed by atoms with E-state index in [1.165, 1.54) is 27.7 Å². The van der Waals surface area contributed by atoms with Crippen molar-refractivity contribution in [2.75, 3.05) is 26.6 Å². The summed E-state index contributed by atoms with van der Waals surface area (Å²) in [5.41, 5.74) is 0. The van der Waals surface area contributed by atoms with Crippen molar-refractivity contribution in [1.82, 2.24) is 0 Å². The van der Waals surface area contributed by atoms with Gasteiger partial charge in [-0.3, -0.25) is 8.97 Å². The van der Waals surface area contributed by atoms with Gasteiger partial charge in [0.2, 0.25) is 0 Å². The molecule has 0 aromatic heterocycles. The van der Waals surface area contributed by atoms with Gasteiger partial charge in [0.25, 0.3) is 0 Å². The molecule has 0 aliphatic rings. The standard InChI is InChI=1S/2C15H27NO5.Ca/c2*1-4-5-6-7-8-9-10-16(11-17,12(2)14(18)19)13(3)15(20)21;/h2*6-7,12-13,17H,4-5,8-11H2,1-3H3,(H-,18,19,20,21);/q;;+2/b2*7-6+;. The first-order chi connectivity index (χ1) is 19.7. The van der Waals surface area contributed by atoms with E-state index in [1.54, 1.807) is 0 Å². The Kier molecular flexibility index (Phi) is 26.4. The van der Waals surface area contributed by atoms with Crippen molar-refractivity contribution in [2.45, 2.75) is 117 Å². The number of aliphatic carboxylic acids is 4. The first-order valence-electron chi connectivity index (χ1n) is 14.8. The van der Waals surface area contributed by atoms with Gasteiger partial charge < -0.3 is 40.2 Å². The van der Waals surface area contributed by atoms with E-state index in [2.05, 4.69) is 26.0 Å². The van der Waals surface area contributed by atoms with E-state index in [0.717, 1.165) is 38.5 Å². The van der Waals surface area contributed by atoms with Crippen molar-refractivity contribution in [3.63, 3.8) is 0 Å². The second-order valence-electron chi connectivity index (χ2n) is 10.8. The van der Waals surface area contributed by atoms with E-state index < -0.39 is 70.5 Å². The molecule has 13 heteroatoms. The van der Waals surface area contributed by atoms with Crippen molar-refractivity contribution < 1.29 is 58.8 Å². The molecule has 244 valence electrons. The molecule has 0 aromatic carbocycles. The van der Waals surface area contributed by atoms with Gasteiger partial charge in [0, 0.05) is 12.8 Å². The molecule has 0 saturated carbocycles. The Morgan fingerprint density at radius 3 is 1.09 bits per heavy atom. The molecule has 0 fully saturated rings. The van der Waals surface area contributed by atoms with Crippen molar-refractivity contribution in [3.05, 3.63) is 24.3 Å². The number of carboxylic acid groups (broad SMARTS) is 4. The van der Waals surface area contributed by atoms with Crippen LogP contribution in [0.1, 0.15) is 92.9 Å². The molecule has 0 bridgehead atoms. The number of quaternary nitrogens is 2. The second-order valence-corrected chi connectivity index (χ2v) is 10.8. The third kappa shape index (κ3) is 15.3. The fourth-order valence-electron chi connectivity index (χ4n) is 4.75. The van der Waals surface area contributed by atoms with Gasteiger partial charge in [-0.15, -0.1) is 0 Å². The fourth-order valence-corrected chi connectivity index (χ4v) is 4.75. The zero-order valence-electron chi connectivity index (χ0n) is 26.9. The Hall–Kier alpha value is -1.54. The molecule has 0 heterocycles. The molecule has 43 heavy (non-hydrogen) atoms. The van der Waals surface area contributed by atoms with Crippen molar-refractivity contribution in [1.29, 1.82) is 0 Å². The van der Waals surface area contributed by atoms with Crippen LogP contribution in [-0.4, -0.2) is 142 Å². The second kappa shape index (κ2) is 24.7. The van der Waals surface area contributed by atoms with Gasteiger partial charge in [0.15, 0.2) is 25.5 Å². The van der Waals surface area contributed by atoms with Crippen LogP contribution in [0.25, 0.3) is 0 Å². The molecule has 0 saturated heterocycles. The summed E-state index contributed by atoms with van der Waals surface area (Å²) in [5.74, 6) is -4.95. The van der Waals surface area contributed by atoms with Gasteiger partial charge in [-0.25, -0.2) is 9.59 Å². The molecular weight excluding hydrogens is 588 g/mol. The van der Waals surface area contributed by atoms with Crippen LogP contribution in [-0.2, 0) is 19.2 Å². The number of hydrogen-bond acceptors (Lipinski definition) is 8. The molecule has 0 radical (unpaired) electrons. The Morgan fingerprint density at radius 2 is 0.884 bits per heavy atom. The van der Waals surface area contributed by atoms with Gasteiger partial charge in [-0.2, -0.15) is 0 Å². The number of carboxylic acids is 4. The van der Waals surface area contributed by atoms with Gasteiger partial charge in [-0.1, -0.05) is 51.0 Å². The van der Waals surface area contributed by atoms with Crippen LogP contribution < -0.4 is 10.2 Å². The number of carbonyl (C=O) groups is 4. The predicted octanol–water partition coefficient (Wildman–Crippen LogP) is 0.621. The molecule has 6 unspecified atom stereocenters. The molecular formula is C30H54CaN2O10+2. The number of aliphatic hydroxyl groups excluding tert-OH is 2. The van der Waals surface area contributed by atoms with E-state index in [1.807, 2.05) is 12.2 Å². The quantitative estimate of drug-likeness (QED) is 0.0427. The van der Waals surface area contributed by atoms with Crippen LogP contribution in [0.4, 0.5) is 0 Å². The number of hydrogen-bond donors (Lipinski definition) is 4. The van der Waals surface area contributed by atoms with Gasteiger partial charge >= 0.3 is 49.7 Å². The zero-order chi connectivity index (χ0) is 32.9. The van der Waals surface area contributed by atoms with Crippen LogP contribution in [0.15, 0.2) is 24.3 Å². The number of nitrogens with zero attached hydrogens (tertiary/aromatic N) is 2. The number of rotatable bonds is 22. The van der Waals surface area contributed by atoms with Crippen LogP contribution in [0.3, 0.4) is 0 Å². The maximum Gasteiger partial charge on any atom is 2.00 e. The summed E-state index contributed by atoms with van der Waals surface area (Å²) >= 11 is 0. The van der Waals surface area contributed by atoms with E-state index in [4.69, 9.17) is 0 Å². The summed E-state index contributed by atoms with van der Waals surface area (Å²) in [5, 5.41) is 60.0. The zero-order valence-corrected chi connectivity index (χ0v) is 29.2. The van der Waals surface area contributed by atoms with Crippen LogP contribution in [0, 0.1) is 0 Å². The minimum atomic E-state index is -1.35. The largest absolute Gasteiger partial charge is 2.00 e. The summed E-state index contributed by atoms with van der Waals surface area (Å²) in [6, 6.07) is -4.19. The maximum absolute atomic E-state index is 11.3. The molecule has 4 N–H and O–H groups in total. The van der Waals surface area contributed by atoms with E-state index >= 15 is 0 Å². The average Bonchev–Trinajstić information content (AvgIpc) is 2.95. The van der Waals surface area contributed by atoms with Gasteiger partial charge in [0.05, 0.1) is 25.0 Å². The Morgan fingerprint density at radius 1 is 0.605 bits per heavy atom. The molecule has 0 spiro atoms. The predicted molar refractivity (Wildman–Crippen MR) is 160 cm³/mol. The third-order valence-corrected chi connectivity index (χ3v) is 8.14. The van der Waals surface area contributed by atoms with Crippen LogP contribution >= 0.6 is 0 Å². The summed E-state index contributed by atoms with van der Waals surface area (Å²) in [6.45, 7) is 9.24. The molecule has 12 nitrogen and oxygen atoms in total. The van der Waals surface area contributed by atoms with Crippen molar-refractivity contribution in [2.24, 2.45) is 0 Å². The average molecular weight is 643 g/mol. The number of allylic oxidation sites excluding steroid dienone is 4. The van der Waals surface area contributed by atoms with E-state index in [0.29, 0.717) is 12.8 Å². The molecule has 0 rings (SSSR count). The minimum absolute atomic E-state index is 0. The SMILES string of the molecule is CCC/C=C/CCC[N+](CO)(C(C)C(=O)[O-])C(C)C(=O)O.CCC/C=C/CCC[N+](CO)(C(C)C(=O)[O-])C(C)C(=O)O.[Ca+2]. The summed E-state index contributed by atoms with van der Waals surface area (Å²) < 4.78 is -0.835. The maximum atomic E-state index is 11.3. The molecule has 0 amide bonds. The first-order valence-corrected chi connectivity index (χ1v) is 14.8. The summed E-state index contributed by atoms with van der Waals surface area (Å²) in [6.07, 6.45) is 14.9. The van der Waals surface area contributed by atoms with E-state index in [9.17, 15) is 49.8 Å². The number of carbonyl (C=O) groups excluding carboxylic acids is 2. The minimum Gasteiger partial charge on any atom is -0.544 e. The summed E-state index contributed by atoms with van der Waals surface area (Å²) in [7, 11) is 0. The van der Waals surface area contributed by atoms with Crippen LogP contribution in [0.5, 0.6) is 0 Å². The van der Waals surface area contributed by atoms with E-state index in [-0.39, 0.29) is 50.8 Å². The third-order valence-electron chi connectivity index (χ3n) is 8.14. The molecule has 6 atom stereocenters. The summed E-state index contributed by atoms with van der Waals surface area (Å²) in [4.78, 5) is 44.8. The fraction of sp³-hybridized carbons (Fsp3) is 0.733. The Labute approximate surface area is 286 Å². The number of unbranched alkanes of at least 4 members (excludes halogenated alkanes) is 4. The number of aliphatic hydroxyl groups is 2. The first kappa shape index (κ1) is 45.9. The smallest absolute Gasteiger partial charge is 0.544 e. The normalized spacial score (nSPS) is 16.9. The topological polar surface area (TPSA) is 195 Å². The Bertz CT molecular complexity index is 771.